The van der Waals surface area contributed by atoms with Crippen molar-refractivity contribution in [3.8, 4) is 0 Å². The smallest absolute Gasteiger partial charge is 0.220 e. The van der Waals surface area contributed by atoms with Crippen molar-refractivity contribution in [1.82, 2.24) is 0 Å². The van der Waals surface area contributed by atoms with Crippen molar-refractivity contribution in [3.63, 3.8) is 0 Å². The molecule has 1 amide bonds. The van der Waals surface area contributed by atoms with E-state index in [4.69, 9.17) is 5.73 Å². The minimum atomic E-state index is -0.107. The van der Waals surface area contributed by atoms with Gasteiger partial charge < -0.3 is 5.73 Å². The molecule has 2 N–H and O–H groups in total. The fourth-order valence-electron chi connectivity index (χ4n) is 1.52. The number of carbonyl (C=O) groups excluding carboxylic acids is 1. The van der Waals surface area contributed by atoms with Gasteiger partial charge in [-0.15, -0.1) is 12.4 Å². The molecule has 1 atom stereocenters. The average molecular weight is 222 g/mol. The van der Waals surface area contributed by atoms with Crippen molar-refractivity contribution >= 4 is 18.3 Å². The number of amides is 1. The Balaban J connectivity index is 0. The van der Waals surface area contributed by atoms with Crippen LogP contribution >= 0.6 is 12.4 Å². The predicted octanol–water partition coefficient (Wildman–Crippen LogP) is 3.28. The van der Waals surface area contributed by atoms with Crippen LogP contribution in [0.25, 0.3) is 0 Å². The molecule has 0 aromatic rings. The van der Waals surface area contributed by atoms with Gasteiger partial charge >= 0.3 is 0 Å². The molecule has 0 aliphatic carbocycles. The Hall–Kier alpha value is -0.240. The minimum absolute atomic E-state index is 0. The summed E-state index contributed by atoms with van der Waals surface area (Å²) in [4.78, 5) is 11.0. The highest BCUT2D eigenvalue weighted by molar-refractivity contribution is 5.85. The Morgan fingerprint density at radius 3 is 2.00 bits per heavy atom. The van der Waals surface area contributed by atoms with E-state index in [2.05, 4.69) is 13.8 Å². The third-order valence-electron chi connectivity index (χ3n) is 2.46. The highest BCUT2D eigenvalue weighted by Gasteiger charge is 2.13. The van der Waals surface area contributed by atoms with Crippen molar-refractivity contribution in [2.24, 2.45) is 11.7 Å². The molecule has 0 aliphatic heterocycles. The first-order valence-electron chi connectivity index (χ1n) is 5.51. The first-order chi connectivity index (χ1) is 6.22. The summed E-state index contributed by atoms with van der Waals surface area (Å²) >= 11 is 0. The van der Waals surface area contributed by atoms with E-state index in [1.165, 1.54) is 12.8 Å². The molecular formula is C11H24ClNO. The lowest BCUT2D eigenvalue weighted by Crippen LogP contribution is -2.23. The second-order valence-corrected chi connectivity index (χ2v) is 3.74. The first kappa shape index (κ1) is 16.2. The highest BCUT2D eigenvalue weighted by Crippen LogP contribution is 2.16. The fraction of sp³-hybridized carbons (Fsp3) is 0.909. The third-order valence-corrected chi connectivity index (χ3v) is 2.46. The van der Waals surface area contributed by atoms with Crippen molar-refractivity contribution in [3.05, 3.63) is 0 Å². The molecule has 0 spiro atoms. The molecule has 14 heavy (non-hydrogen) atoms. The summed E-state index contributed by atoms with van der Waals surface area (Å²) in [5.41, 5.74) is 5.32. The maximum absolute atomic E-state index is 11.0. The summed E-state index contributed by atoms with van der Waals surface area (Å²) in [6.45, 7) is 4.31. The molecule has 0 fully saturated rings. The summed E-state index contributed by atoms with van der Waals surface area (Å²) in [5, 5.41) is 0. The van der Waals surface area contributed by atoms with Crippen LogP contribution in [0.1, 0.15) is 58.8 Å². The van der Waals surface area contributed by atoms with Crippen LogP contribution in [-0.4, -0.2) is 5.91 Å². The van der Waals surface area contributed by atoms with Crippen LogP contribution in [0.2, 0.25) is 0 Å². The number of nitrogens with two attached hydrogens (primary N) is 1. The van der Waals surface area contributed by atoms with Gasteiger partial charge in [0.25, 0.3) is 0 Å². The summed E-state index contributed by atoms with van der Waals surface area (Å²) in [6, 6.07) is 0. The third kappa shape index (κ3) is 8.36. The van der Waals surface area contributed by atoms with Crippen LogP contribution in [0.4, 0.5) is 0 Å². The van der Waals surface area contributed by atoms with Crippen molar-refractivity contribution in [2.45, 2.75) is 58.8 Å². The summed E-state index contributed by atoms with van der Waals surface area (Å²) in [6.07, 6.45) is 7.82. The van der Waals surface area contributed by atoms with Gasteiger partial charge in [-0.05, 0) is 12.8 Å². The van der Waals surface area contributed by atoms with E-state index in [9.17, 15) is 4.79 Å². The molecule has 0 aromatic heterocycles. The number of rotatable bonds is 8. The molecule has 0 heterocycles. The lowest BCUT2D eigenvalue weighted by atomic mass is 9.95. The van der Waals surface area contributed by atoms with Gasteiger partial charge in [-0.25, -0.2) is 0 Å². The van der Waals surface area contributed by atoms with Crippen LogP contribution in [0.15, 0.2) is 0 Å². The van der Waals surface area contributed by atoms with Crippen molar-refractivity contribution < 1.29 is 4.79 Å². The van der Waals surface area contributed by atoms with E-state index in [0.717, 1.165) is 32.1 Å². The SMILES string of the molecule is CCCCCC(CCCC)C(N)=O.Cl. The molecule has 0 bridgehead atoms. The van der Waals surface area contributed by atoms with Gasteiger partial charge in [-0.2, -0.15) is 0 Å². The van der Waals surface area contributed by atoms with Crippen LogP contribution in [0.3, 0.4) is 0 Å². The standard InChI is InChI=1S/C11H23NO.ClH/c1-3-5-7-9-10(11(12)13)8-6-4-2;/h10H,3-9H2,1-2H3,(H2,12,13);1H. The molecule has 3 heteroatoms. The van der Waals surface area contributed by atoms with E-state index in [1.807, 2.05) is 0 Å². The van der Waals surface area contributed by atoms with E-state index in [1.54, 1.807) is 0 Å². The average Bonchev–Trinajstić information content (AvgIpc) is 2.10. The van der Waals surface area contributed by atoms with E-state index in [0.29, 0.717) is 0 Å². The Morgan fingerprint density at radius 1 is 1.07 bits per heavy atom. The molecule has 2 nitrogen and oxygen atoms in total. The van der Waals surface area contributed by atoms with E-state index < -0.39 is 0 Å². The zero-order valence-electron chi connectivity index (χ0n) is 9.42. The Kier molecular flexibility index (Phi) is 12.5. The van der Waals surface area contributed by atoms with Crippen LogP contribution < -0.4 is 5.73 Å². The quantitative estimate of drug-likeness (QED) is 0.628. The van der Waals surface area contributed by atoms with Gasteiger partial charge in [0.15, 0.2) is 0 Å². The molecular weight excluding hydrogens is 198 g/mol. The van der Waals surface area contributed by atoms with Gasteiger partial charge in [-0.3, -0.25) is 4.79 Å². The lowest BCUT2D eigenvalue weighted by Gasteiger charge is -2.11. The molecule has 0 aliphatic rings. The van der Waals surface area contributed by atoms with Crippen LogP contribution in [0.5, 0.6) is 0 Å². The summed E-state index contributed by atoms with van der Waals surface area (Å²) < 4.78 is 0. The Morgan fingerprint density at radius 2 is 1.57 bits per heavy atom. The van der Waals surface area contributed by atoms with Gasteiger partial charge in [-0.1, -0.05) is 46.0 Å². The number of hydrogen-bond acceptors (Lipinski definition) is 1. The topological polar surface area (TPSA) is 43.1 Å². The monoisotopic (exact) mass is 221 g/mol. The molecule has 1 unspecified atom stereocenters. The molecule has 0 radical (unpaired) electrons. The zero-order valence-corrected chi connectivity index (χ0v) is 10.2. The maximum Gasteiger partial charge on any atom is 0.220 e. The normalized spacial score (nSPS) is 11.9. The van der Waals surface area contributed by atoms with Gasteiger partial charge in [0.2, 0.25) is 5.91 Å². The second kappa shape index (κ2) is 10.8. The largest absolute Gasteiger partial charge is 0.369 e. The first-order valence-corrected chi connectivity index (χ1v) is 5.51. The number of primary amides is 1. The molecule has 0 saturated carbocycles. The maximum atomic E-state index is 11.0. The molecule has 0 saturated heterocycles. The second-order valence-electron chi connectivity index (χ2n) is 3.74. The fourth-order valence-corrected chi connectivity index (χ4v) is 1.52. The lowest BCUT2D eigenvalue weighted by molar-refractivity contribution is -0.122. The number of hydrogen-bond donors (Lipinski definition) is 1. The number of halogens is 1. The van der Waals surface area contributed by atoms with Crippen molar-refractivity contribution in [2.75, 3.05) is 0 Å². The zero-order chi connectivity index (χ0) is 10.1. The van der Waals surface area contributed by atoms with E-state index in [-0.39, 0.29) is 24.2 Å². The number of carbonyl (C=O) groups is 1. The Labute approximate surface area is 94.0 Å². The molecule has 0 aromatic carbocycles. The molecule has 0 rings (SSSR count). The van der Waals surface area contributed by atoms with Crippen LogP contribution in [-0.2, 0) is 4.79 Å². The highest BCUT2D eigenvalue weighted by atomic mass is 35.5. The predicted molar refractivity (Wildman–Crippen MR) is 63.6 cm³/mol. The summed E-state index contributed by atoms with van der Waals surface area (Å²) in [7, 11) is 0. The van der Waals surface area contributed by atoms with E-state index >= 15 is 0 Å². The Bertz CT molecular complexity index is 139. The summed E-state index contributed by atoms with van der Waals surface area (Å²) in [5.74, 6) is 0.0241. The van der Waals surface area contributed by atoms with Crippen LogP contribution in [0, 0.1) is 5.92 Å². The van der Waals surface area contributed by atoms with Gasteiger partial charge in [0.1, 0.15) is 0 Å². The van der Waals surface area contributed by atoms with Crippen molar-refractivity contribution in [1.29, 1.82) is 0 Å². The minimum Gasteiger partial charge on any atom is -0.369 e. The number of unbranched alkanes of at least 4 members (excludes halogenated alkanes) is 3. The molecule has 86 valence electrons. The van der Waals surface area contributed by atoms with Gasteiger partial charge in [0, 0.05) is 5.92 Å². The van der Waals surface area contributed by atoms with Gasteiger partial charge in [0.05, 0.1) is 0 Å².